The van der Waals surface area contributed by atoms with Gasteiger partial charge in [-0.3, -0.25) is 4.79 Å². The van der Waals surface area contributed by atoms with E-state index in [0.717, 1.165) is 12.0 Å². The number of benzene rings is 1. The summed E-state index contributed by atoms with van der Waals surface area (Å²) >= 11 is 0. The third-order valence-electron chi connectivity index (χ3n) is 2.84. The fraction of sp³-hybridized carbons (Fsp3) is 0.0769. The molecule has 0 radical (unpaired) electrons. The van der Waals surface area contributed by atoms with Crippen LogP contribution in [0.15, 0.2) is 43.0 Å². The van der Waals surface area contributed by atoms with Crippen molar-refractivity contribution >= 4 is 6.29 Å². The Morgan fingerprint density at radius 3 is 2.63 bits per heavy atom. The second kappa shape index (κ2) is 4.49. The first-order chi connectivity index (χ1) is 9.31. The number of rotatable bonds is 3. The minimum atomic E-state index is 0.509. The molecule has 3 rings (SSSR count). The molecule has 0 aliphatic carbocycles. The number of nitrogens with zero attached hydrogens (tertiary/aromatic N) is 5. The molecule has 0 saturated heterocycles. The van der Waals surface area contributed by atoms with E-state index in [1.165, 1.54) is 11.0 Å². The van der Waals surface area contributed by atoms with Crippen LogP contribution in [-0.2, 0) is 0 Å². The van der Waals surface area contributed by atoms with Crippen LogP contribution in [0.4, 0.5) is 0 Å². The molecule has 2 heterocycles. The SMILES string of the molecule is Cc1nn(-c2ccccc2)c(-n2cncn2)c1C=O. The molecule has 0 saturated carbocycles. The molecule has 0 bridgehead atoms. The lowest BCUT2D eigenvalue weighted by Crippen LogP contribution is -2.07. The van der Waals surface area contributed by atoms with E-state index in [0.29, 0.717) is 17.1 Å². The van der Waals surface area contributed by atoms with Gasteiger partial charge in [0.25, 0.3) is 0 Å². The fourth-order valence-corrected chi connectivity index (χ4v) is 1.95. The Labute approximate surface area is 109 Å². The zero-order valence-electron chi connectivity index (χ0n) is 10.3. The number of para-hydroxylation sites is 1. The molecule has 3 aromatic rings. The Bertz CT molecular complexity index is 700. The number of carbonyl (C=O) groups is 1. The van der Waals surface area contributed by atoms with Gasteiger partial charge in [-0.2, -0.15) is 10.2 Å². The van der Waals surface area contributed by atoms with Gasteiger partial charge in [0.2, 0.25) is 0 Å². The predicted molar refractivity (Wildman–Crippen MR) is 68.6 cm³/mol. The van der Waals surface area contributed by atoms with Crippen LogP contribution in [0.1, 0.15) is 16.1 Å². The molecule has 0 atom stereocenters. The summed E-state index contributed by atoms with van der Waals surface area (Å²) in [7, 11) is 0. The highest BCUT2D eigenvalue weighted by Crippen LogP contribution is 2.20. The zero-order valence-corrected chi connectivity index (χ0v) is 10.3. The molecule has 0 spiro atoms. The molecule has 2 aromatic heterocycles. The smallest absolute Gasteiger partial charge is 0.169 e. The monoisotopic (exact) mass is 253 g/mol. The number of hydrogen-bond acceptors (Lipinski definition) is 4. The lowest BCUT2D eigenvalue weighted by Gasteiger charge is -2.07. The molecule has 94 valence electrons. The van der Waals surface area contributed by atoms with Crippen molar-refractivity contribution < 1.29 is 4.79 Å². The number of aromatic nitrogens is 5. The van der Waals surface area contributed by atoms with Crippen molar-refractivity contribution in [2.75, 3.05) is 0 Å². The van der Waals surface area contributed by atoms with E-state index in [2.05, 4.69) is 15.2 Å². The molecular weight excluding hydrogens is 242 g/mol. The zero-order chi connectivity index (χ0) is 13.2. The predicted octanol–water partition coefficient (Wildman–Crippen LogP) is 1.57. The lowest BCUT2D eigenvalue weighted by molar-refractivity contribution is 0.112. The van der Waals surface area contributed by atoms with Gasteiger partial charge in [-0.05, 0) is 19.1 Å². The van der Waals surface area contributed by atoms with Gasteiger partial charge in [0.1, 0.15) is 12.7 Å². The van der Waals surface area contributed by atoms with Crippen molar-refractivity contribution in [1.29, 1.82) is 0 Å². The van der Waals surface area contributed by atoms with Crippen LogP contribution < -0.4 is 0 Å². The molecule has 0 aliphatic heterocycles. The minimum absolute atomic E-state index is 0.509. The summed E-state index contributed by atoms with van der Waals surface area (Å²) in [6.45, 7) is 1.80. The highest BCUT2D eigenvalue weighted by atomic mass is 16.1. The van der Waals surface area contributed by atoms with E-state index in [-0.39, 0.29) is 0 Å². The topological polar surface area (TPSA) is 65.6 Å². The Hall–Kier alpha value is -2.76. The van der Waals surface area contributed by atoms with Crippen LogP contribution in [0.2, 0.25) is 0 Å². The molecule has 0 aliphatic rings. The van der Waals surface area contributed by atoms with E-state index in [1.54, 1.807) is 17.9 Å². The van der Waals surface area contributed by atoms with Crippen molar-refractivity contribution in [2.24, 2.45) is 0 Å². The summed E-state index contributed by atoms with van der Waals surface area (Å²) in [4.78, 5) is 15.2. The quantitative estimate of drug-likeness (QED) is 0.665. The van der Waals surface area contributed by atoms with Crippen molar-refractivity contribution in [3.8, 4) is 11.5 Å². The van der Waals surface area contributed by atoms with Crippen LogP contribution in [0.3, 0.4) is 0 Å². The van der Waals surface area contributed by atoms with Crippen LogP contribution in [0.25, 0.3) is 11.5 Å². The first kappa shape index (κ1) is 11.3. The number of aldehydes is 1. The van der Waals surface area contributed by atoms with E-state index in [1.807, 2.05) is 30.3 Å². The second-order valence-electron chi connectivity index (χ2n) is 4.03. The Kier molecular flexibility index (Phi) is 2.68. The lowest BCUT2D eigenvalue weighted by atomic mass is 10.2. The molecule has 6 heteroatoms. The Morgan fingerprint density at radius 1 is 1.21 bits per heavy atom. The average molecular weight is 253 g/mol. The first-order valence-corrected chi connectivity index (χ1v) is 5.76. The standard InChI is InChI=1S/C13H11N5O/c1-10-12(7-19)13(17-9-14-8-15-17)18(16-10)11-5-3-2-4-6-11/h2-9H,1H3. The van der Waals surface area contributed by atoms with Crippen molar-refractivity contribution in [3.63, 3.8) is 0 Å². The molecule has 1 aromatic carbocycles. The van der Waals surface area contributed by atoms with Crippen molar-refractivity contribution in [2.45, 2.75) is 6.92 Å². The van der Waals surface area contributed by atoms with E-state index in [9.17, 15) is 4.79 Å². The maximum absolute atomic E-state index is 11.3. The van der Waals surface area contributed by atoms with Gasteiger partial charge in [0, 0.05) is 0 Å². The van der Waals surface area contributed by atoms with Gasteiger partial charge >= 0.3 is 0 Å². The van der Waals surface area contributed by atoms with Gasteiger partial charge in [-0.15, -0.1) is 0 Å². The van der Waals surface area contributed by atoms with Crippen LogP contribution in [0, 0.1) is 6.92 Å². The summed E-state index contributed by atoms with van der Waals surface area (Å²) in [6, 6.07) is 9.59. The molecule has 0 fully saturated rings. The summed E-state index contributed by atoms with van der Waals surface area (Å²) in [6.07, 6.45) is 3.76. The van der Waals surface area contributed by atoms with Crippen molar-refractivity contribution in [1.82, 2.24) is 24.5 Å². The maximum Gasteiger partial charge on any atom is 0.169 e. The van der Waals surface area contributed by atoms with Crippen LogP contribution in [-0.4, -0.2) is 30.8 Å². The maximum atomic E-state index is 11.3. The number of carbonyl (C=O) groups excluding carboxylic acids is 1. The van der Waals surface area contributed by atoms with Gasteiger partial charge in [0.15, 0.2) is 12.1 Å². The van der Waals surface area contributed by atoms with E-state index >= 15 is 0 Å². The molecule has 0 N–H and O–H groups in total. The van der Waals surface area contributed by atoms with Gasteiger partial charge in [-0.25, -0.2) is 14.3 Å². The van der Waals surface area contributed by atoms with E-state index in [4.69, 9.17) is 0 Å². The average Bonchev–Trinajstić information content (AvgIpc) is 3.06. The summed E-state index contributed by atoms with van der Waals surface area (Å²) < 4.78 is 3.23. The van der Waals surface area contributed by atoms with Crippen LogP contribution in [0.5, 0.6) is 0 Å². The number of aryl methyl sites for hydroxylation is 1. The highest BCUT2D eigenvalue weighted by molar-refractivity contribution is 5.81. The largest absolute Gasteiger partial charge is 0.298 e. The molecule has 6 nitrogen and oxygen atoms in total. The molecule has 0 amide bonds. The summed E-state index contributed by atoms with van der Waals surface area (Å²) in [5.74, 6) is 0.594. The van der Waals surface area contributed by atoms with Crippen molar-refractivity contribution in [3.05, 3.63) is 54.2 Å². The van der Waals surface area contributed by atoms with E-state index < -0.39 is 0 Å². The normalized spacial score (nSPS) is 10.6. The molecule has 19 heavy (non-hydrogen) atoms. The fourth-order valence-electron chi connectivity index (χ4n) is 1.95. The molecule has 0 unspecified atom stereocenters. The Morgan fingerprint density at radius 2 is 2.00 bits per heavy atom. The second-order valence-corrected chi connectivity index (χ2v) is 4.03. The third-order valence-corrected chi connectivity index (χ3v) is 2.84. The minimum Gasteiger partial charge on any atom is -0.298 e. The van der Waals surface area contributed by atoms with Crippen LogP contribution >= 0.6 is 0 Å². The molecular formula is C13H11N5O. The third kappa shape index (κ3) is 1.83. The number of hydrogen-bond donors (Lipinski definition) is 0. The van der Waals surface area contributed by atoms with Gasteiger partial charge in [0.05, 0.1) is 16.9 Å². The van der Waals surface area contributed by atoms with Gasteiger partial charge in [-0.1, -0.05) is 18.2 Å². The Balaban J connectivity index is 2.29. The first-order valence-electron chi connectivity index (χ1n) is 5.76. The van der Waals surface area contributed by atoms with Gasteiger partial charge < -0.3 is 0 Å². The highest BCUT2D eigenvalue weighted by Gasteiger charge is 2.17. The summed E-state index contributed by atoms with van der Waals surface area (Å²) in [5.41, 5.74) is 2.03. The summed E-state index contributed by atoms with van der Waals surface area (Å²) in [5, 5.41) is 8.48.